The van der Waals surface area contributed by atoms with E-state index < -0.39 is 0 Å². The van der Waals surface area contributed by atoms with Gasteiger partial charge in [0.25, 0.3) is 0 Å². The van der Waals surface area contributed by atoms with Gasteiger partial charge in [-0.2, -0.15) is 0 Å². The molecule has 1 aromatic rings. The van der Waals surface area contributed by atoms with Crippen LogP contribution in [0, 0.1) is 25.1 Å². The normalized spacial score (nSPS) is 12.1. The molecule has 15 heavy (non-hydrogen) atoms. The molecule has 0 heterocycles. The molecule has 0 aromatic heterocycles. The van der Waals surface area contributed by atoms with Gasteiger partial charge in [0.15, 0.2) is 0 Å². The van der Waals surface area contributed by atoms with Crippen LogP contribution < -0.4 is 5.73 Å². The predicted octanol–water partition coefficient (Wildman–Crippen LogP) is 2.94. The third-order valence-corrected chi connectivity index (χ3v) is 2.46. The highest BCUT2D eigenvalue weighted by molar-refractivity contribution is 5.25. The fraction of sp³-hybridized carbons (Fsp3) is 0.385. The highest BCUT2D eigenvalue weighted by Crippen LogP contribution is 2.19. The minimum absolute atomic E-state index is 0.117. The van der Waals surface area contributed by atoms with Crippen molar-refractivity contribution in [3.8, 4) is 12.3 Å². The second kappa shape index (κ2) is 5.53. The van der Waals surface area contributed by atoms with Crippen molar-refractivity contribution >= 4 is 0 Å². The molecule has 0 amide bonds. The van der Waals surface area contributed by atoms with Gasteiger partial charge in [-0.3, -0.25) is 0 Å². The Bertz CT molecular complexity index is 365. The molecule has 0 saturated carbocycles. The molecule has 0 bridgehead atoms. The third-order valence-electron chi connectivity index (χ3n) is 2.46. The highest BCUT2D eigenvalue weighted by atomic mass is 19.1. The monoisotopic (exact) mass is 205 g/mol. The van der Waals surface area contributed by atoms with Gasteiger partial charge in [0, 0.05) is 12.5 Å². The van der Waals surface area contributed by atoms with Crippen molar-refractivity contribution in [3.63, 3.8) is 0 Å². The number of benzene rings is 1. The summed E-state index contributed by atoms with van der Waals surface area (Å²) in [5.74, 6) is 2.37. The molecule has 1 aromatic carbocycles. The lowest BCUT2D eigenvalue weighted by Gasteiger charge is -2.11. The van der Waals surface area contributed by atoms with Crippen LogP contribution in [0.3, 0.4) is 0 Å². The maximum absolute atomic E-state index is 13.2. The standard InChI is InChI=1S/C13H16FN/c1-3-4-5-6-13(15)11-8-7-10(2)12(14)9-11/h1,7-9,13H,4-6,15H2,2H3. The van der Waals surface area contributed by atoms with E-state index >= 15 is 0 Å². The van der Waals surface area contributed by atoms with Crippen molar-refractivity contribution in [1.82, 2.24) is 0 Å². The second-order valence-corrected chi connectivity index (χ2v) is 3.71. The molecule has 0 radical (unpaired) electrons. The number of terminal acetylenes is 1. The van der Waals surface area contributed by atoms with E-state index in [1.165, 1.54) is 6.07 Å². The molecule has 2 N–H and O–H groups in total. The second-order valence-electron chi connectivity index (χ2n) is 3.71. The maximum Gasteiger partial charge on any atom is 0.126 e. The van der Waals surface area contributed by atoms with Crippen LogP contribution in [0.25, 0.3) is 0 Å². The fourth-order valence-corrected chi connectivity index (χ4v) is 1.43. The molecule has 80 valence electrons. The van der Waals surface area contributed by atoms with E-state index in [2.05, 4.69) is 5.92 Å². The Kier molecular flexibility index (Phi) is 4.33. The topological polar surface area (TPSA) is 26.0 Å². The summed E-state index contributed by atoms with van der Waals surface area (Å²) in [6.45, 7) is 1.74. The zero-order valence-corrected chi connectivity index (χ0v) is 8.96. The summed E-state index contributed by atoms with van der Waals surface area (Å²) in [5.41, 5.74) is 7.41. The van der Waals surface area contributed by atoms with Gasteiger partial charge in [-0.15, -0.1) is 12.3 Å². The smallest absolute Gasteiger partial charge is 0.126 e. The Hall–Kier alpha value is -1.33. The van der Waals surface area contributed by atoms with E-state index in [4.69, 9.17) is 12.2 Å². The van der Waals surface area contributed by atoms with Crippen molar-refractivity contribution in [1.29, 1.82) is 0 Å². The van der Waals surface area contributed by atoms with E-state index in [1.54, 1.807) is 13.0 Å². The number of hydrogen-bond donors (Lipinski definition) is 1. The van der Waals surface area contributed by atoms with E-state index in [-0.39, 0.29) is 11.9 Å². The first-order valence-corrected chi connectivity index (χ1v) is 5.10. The quantitative estimate of drug-likeness (QED) is 0.593. The van der Waals surface area contributed by atoms with Gasteiger partial charge in [-0.25, -0.2) is 4.39 Å². The van der Waals surface area contributed by atoms with Gasteiger partial charge in [0.2, 0.25) is 0 Å². The lowest BCUT2D eigenvalue weighted by Crippen LogP contribution is -2.10. The van der Waals surface area contributed by atoms with Crippen molar-refractivity contribution in [2.75, 3.05) is 0 Å². The number of unbranched alkanes of at least 4 members (excludes halogenated alkanes) is 1. The Morgan fingerprint density at radius 1 is 1.53 bits per heavy atom. The van der Waals surface area contributed by atoms with Crippen molar-refractivity contribution < 1.29 is 4.39 Å². The summed E-state index contributed by atoms with van der Waals surface area (Å²) in [6, 6.07) is 5.02. The zero-order chi connectivity index (χ0) is 11.3. The molecule has 2 heteroatoms. The molecule has 0 spiro atoms. The average molecular weight is 205 g/mol. The molecule has 1 nitrogen and oxygen atoms in total. The highest BCUT2D eigenvalue weighted by Gasteiger charge is 2.07. The van der Waals surface area contributed by atoms with Gasteiger partial charge in [-0.1, -0.05) is 12.1 Å². The first-order chi connectivity index (χ1) is 7.15. The van der Waals surface area contributed by atoms with Crippen LogP contribution in [-0.4, -0.2) is 0 Å². The molecule has 0 saturated heterocycles. The lowest BCUT2D eigenvalue weighted by molar-refractivity contribution is 0.593. The molecule has 1 atom stereocenters. The Morgan fingerprint density at radius 2 is 2.27 bits per heavy atom. The van der Waals surface area contributed by atoms with Crippen molar-refractivity contribution in [3.05, 3.63) is 35.1 Å². The first-order valence-electron chi connectivity index (χ1n) is 5.10. The summed E-state index contributed by atoms with van der Waals surface area (Å²) in [7, 11) is 0. The van der Waals surface area contributed by atoms with Crippen molar-refractivity contribution in [2.45, 2.75) is 32.2 Å². The van der Waals surface area contributed by atoms with Gasteiger partial charge in [0.05, 0.1) is 0 Å². The molecule has 1 rings (SSSR count). The van der Waals surface area contributed by atoms with Crippen LogP contribution in [0.15, 0.2) is 18.2 Å². The molecule has 1 unspecified atom stereocenters. The largest absolute Gasteiger partial charge is 0.324 e. The molecule has 0 aliphatic heterocycles. The van der Waals surface area contributed by atoms with Crippen LogP contribution >= 0.6 is 0 Å². The van der Waals surface area contributed by atoms with Gasteiger partial charge in [0.1, 0.15) is 5.82 Å². The molecule has 0 aliphatic carbocycles. The fourth-order valence-electron chi connectivity index (χ4n) is 1.43. The average Bonchev–Trinajstić information content (AvgIpc) is 2.22. The third kappa shape index (κ3) is 3.38. The summed E-state index contributed by atoms with van der Waals surface area (Å²) >= 11 is 0. The van der Waals surface area contributed by atoms with E-state index in [1.807, 2.05) is 6.07 Å². The lowest BCUT2D eigenvalue weighted by atomic mass is 10.0. The number of rotatable bonds is 4. The number of aryl methyl sites for hydroxylation is 1. The van der Waals surface area contributed by atoms with Crippen LogP contribution in [0.2, 0.25) is 0 Å². The molecular formula is C13H16FN. The Labute approximate surface area is 90.5 Å². The Balaban J connectivity index is 2.62. The molecule has 0 aliphatic rings. The number of halogens is 1. The predicted molar refractivity (Wildman–Crippen MR) is 60.7 cm³/mol. The number of nitrogens with two attached hydrogens (primary N) is 1. The van der Waals surface area contributed by atoms with Gasteiger partial charge >= 0.3 is 0 Å². The summed E-state index contributed by atoms with van der Waals surface area (Å²) in [5, 5.41) is 0. The van der Waals surface area contributed by atoms with E-state index in [0.717, 1.165) is 24.8 Å². The van der Waals surface area contributed by atoms with Gasteiger partial charge in [-0.05, 0) is 37.0 Å². The summed E-state index contributed by atoms with van der Waals surface area (Å²) < 4.78 is 13.2. The van der Waals surface area contributed by atoms with Gasteiger partial charge < -0.3 is 5.73 Å². The van der Waals surface area contributed by atoms with Crippen LogP contribution in [0.1, 0.15) is 36.4 Å². The SMILES string of the molecule is C#CCCCC(N)c1ccc(C)c(F)c1. The summed E-state index contributed by atoms with van der Waals surface area (Å²) in [6.07, 6.45) is 7.55. The molecule has 0 fully saturated rings. The van der Waals surface area contributed by atoms with Crippen LogP contribution in [-0.2, 0) is 0 Å². The van der Waals surface area contributed by atoms with E-state index in [0.29, 0.717) is 5.56 Å². The minimum atomic E-state index is -0.195. The zero-order valence-electron chi connectivity index (χ0n) is 8.96. The van der Waals surface area contributed by atoms with Crippen molar-refractivity contribution in [2.24, 2.45) is 5.73 Å². The minimum Gasteiger partial charge on any atom is -0.324 e. The van der Waals surface area contributed by atoms with E-state index in [9.17, 15) is 4.39 Å². The van der Waals surface area contributed by atoms with Crippen LogP contribution in [0.5, 0.6) is 0 Å². The Morgan fingerprint density at radius 3 is 2.87 bits per heavy atom. The maximum atomic E-state index is 13.2. The number of hydrogen-bond acceptors (Lipinski definition) is 1. The summed E-state index contributed by atoms with van der Waals surface area (Å²) in [4.78, 5) is 0. The van der Waals surface area contributed by atoms with Crippen LogP contribution in [0.4, 0.5) is 4.39 Å². The molecular weight excluding hydrogens is 189 g/mol. The first kappa shape index (κ1) is 11.7.